The monoisotopic (exact) mass is 597 g/mol. The third kappa shape index (κ3) is 6.32. The first-order valence-electron chi connectivity index (χ1n) is 15.8. The second-order valence-corrected chi connectivity index (χ2v) is 13.4. The van der Waals surface area contributed by atoms with E-state index in [1.807, 2.05) is 0 Å². The van der Waals surface area contributed by atoms with Gasteiger partial charge >= 0.3 is 5.97 Å². The van der Waals surface area contributed by atoms with E-state index < -0.39 is 23.2 Å². The molecule has 1 aromatic carbocycles. The van der Waals surface area contributed by atoms with Crippen LogP contribution in [-0.2, 0) is 14.3 Å². The van der Waals surface area contributed by atoms with E-state index in [-0.39, 0.29) is 71.2 Å². The number of methoxy groups -OCH3 is 1. The minimum atomic E-state index is -0.882. The van der Waals surface area contributed by atoms with Crippen molar-refractivity contribution in [2.75, 3.05) is 20.3 Å². The molecule has 2 amide bonds. The molecule has 10 heteroatoms. The molecule has 0 spiro atoms. The maximum atomic E-state index is 15.1. The molecule has 9 nitrogen and oxygen atoms in total. The minimum absolute atomic E-state index is 0.00769. The topological polar surface area (TPSA) is 127 Å². The summed E-state index contributed by atoms with van der Waals surface area (Å²) < 4.78 is 31.8. The second-order valence-electron chi connectivity index (χ2n) is 13.4. The van der Waals surface area contributed by atoms with E-state index in [9.17, 15) is 19.6 Å². The van der Waals surface area contributed by atoms with Crippen molar-refractivity contribution in [3.8, 4) is 17.6 Å². The second kappa shape index (κ2) is 12.7. The van der Waals surface area contributed by atoms with Gasteiger partial charge in [0.15, 0.2) is 11.6 Å². The van der Waals surface area contributed by atoms with Crippen LogP contribution in [0.4, 0.5) is 4.39 Å². The smallest absolute Gasteiger partial charge is 0.313 e. The summed E-state index contributed by atoms with van der Waals surface area (Å²) in [6.45, 7) is 4.83. The molecule has 4 atom stereocenters. The first-order chi connectivity index (χ1) is 20.6. The Labute approximate surface area is 253 Å². The Morgan fingerprint density at radius 3 is 2.42 bits per heavy atom. The fraction of sp³-hybridized carbons (Fsp3) is 0.697. The molecule has 0 heterocycles. The van der Waals surface area contributed by atoms with Gasteiger partial charge in [0.05, 0.1) is 49.2 Å². The summed E-state index contributed by atoms with van der Waals surface area (Å²) in [5.74, 6) is -1.27. The third-order valence-corrected chi connectivity index (χ3v) is 10.6. The van der Waals surface area contributed by atoms with Crippen LogP contribution in [0, 0.1) is 45.7 Å². The van der Waals surface area contributed by atoms with Crippen molar-refractivity contribution >= 4 is 17.8 Å². The number of carbonyl (C=O) groups excluding carboxylic acids is 3. The van der Waals surface area contributed by atoms with Gasteiger partial charge in [-0.3, -0.25) is 14.4 Å². The highest BCUT2D eigenvalue weighted by molar-refractivity contribution is 5.98. The molecule has 0 radical (unpaired) electrons. The fourth-order valence-corrected chi connectivity index (χ4v) is 7.78. The maximum Gasteiger partial charge on any atom is 0.313 e. The number of fused-ring (bicyclic) bond motifs is 2. The number of nitrogens with one attached hydrogen (secondary N) is 2. The van der Waals surface area contributed by atoms with Crippen molar-refractivity contribution in [3.05, 3.63) is 23.5 Å². The van der Waals surface area contributed by atoms with E-state index in [0.717, 1.165) is 38.2 Å². The van der Waals surface area contributed by atoms with Crippen molar-refractivity contribution in [2.45, 2.75) is 96.6 Å². The summed E-state index contributed by atoms with van der Waals surface area (Å²) in [6, 6.07) is 4.33. The Hall–Kier alpha value is -3.35. The molecule has 5 rings (SSSR count). The summed E-state index contributed by atoms with van der Waals surface area (Å²) in [6.07, 6.45) is 7.61. The number of benzene rings is 1. The lowest BCUT2D eigenvalue weighted by Gasteiger charge is -2.39. The number of hydrogen-bond donors (Lipinski definition) is 2. The van der Waals surface area contributed by atoms with Gasteiger partial charge in [-0.25, -0.2) is 4.39 Å². The predicted molar refractivity (Wildman–Crippen MR) is 156 cm³/mol. The lowest BCUT2D eigenvalue weighted by molar-refractivity contribution is -0.158. The highest BCUT2D eigenvalue weighted by Gasteiger charge is 2.52. The molecule has 0 aliphatic heterocycles. The van der Waals surface area contributed by atoms with Crippen LogP contribution in [0.25, 0.3) is 0 Å². The Morgan fingerprint density at radius 1 is 1.07 bits per heavy atom. The van der Waals surface area contributed by atoms with Gasteiger partial charge in [-0.15, -0.1) is 0 Å². The van der Waals surface area contributed by atoms with E-state index in [2.05, 4.69) is 23.6 Å². The van der Waals surface area contributed by atoms with Gasteiger partial charge in [-0.1, -0.05) is 13.3 Å². The quantitative estimate of drug-likeness (QED) is 0.341. The zero-order chi connectivity index (χ0) is 30.8. The molecule has 0 unspecified atom stereocenters. The molecule has 0 aromatic heterocycles. The molecule has 2 N–H and O–H groups in total. The number of amides is 2. The van der Waals surface area contributed by atoms with Crippen LogP contribution in [0.1, 0.15) is 94.8 Å². The Balaban J connectivity index is 1.27. The number of esters is 1. The normalized spacial score (nSPS) is 30.4. The van der Waals surface area contributed by atoms with Crippen LogP contribution in [0.3, 0.4) is 0 Å². The van der Waals surface area contributed by atoms with Gasteiger partial charge in [0.1, 0.15) is 5.75 Å². The number of halogens is 1. The molecule has 234 valence electrons. The van der Waals surface area contributed by atoms with E-state index in [1.54, 1.807) is 6.92 Å². The highest BCUT2D eigenvalue weighted by Crippen LogP contribution is 2.49. The van der Waals surface area contributed by atoms with Crippen LogP contribution in [0.2, 0.25) is 0 Å². The summed E-state index contributed by atoms with van der Waals surface area (Å²) in [5.41, 5.74) is -0.574. The summed E-state index contributed by atoms with van der Waals surface area (Å²) in [7, 11) is 1.38. The van der Waals surface area contributed by atoms with E-state index in [0.29, 0.717) is 32.2 Å². The van der Waals surface area contributed by atoms with Gasteiger partial charge < -0.3 is 24.8 Å². The number of nitrogens with zero attached hydrogens (tertiary/aromatic N) is 1. The zero-order valence-electron chi connectivity index (χ0n) is 25.5. The summed E-state index contributed by atoms with van der Waals surface area (Å²) in [5, 5.41) is 15.6. The standard InChI is InChI=1S/C33H44FN3O6/c1-4-42-31(40)33(14-15-35)12-8-22(9-13-33)43-26-17-23(25(41-3)18-24(26)34)29(38)37-28-21-7-6-20(16-21)27(28)30(39)36-19-32(2)10-5-11-32/h17-18,20-22,27-28H,4-14,16,19H2,1-3H3,(H,36,39)(H,37,38)/t20-,21+,22-,27+,28-,33+/m1/s1. The van der Waals surface area contributed by atoms with Crippen LogP contribution in [-0.4, -0.2) is 50.2 Å². The first kappa shape index (κ1) is 31.1. The molecule has 4 fully saturated rings. The third-order valence-electron chi connectivity index (χ3n) is 10.6. The van der Waals surface area contributed by atoms with Gasteiger partial charge in [0.25, 0.3) is 5.91 Å². The van der Waals surface area contributed by atoms with Crippen molar-refractivity contribution < 1.29 is 33.0 Å². The molecule has 43 heavy (non-hydrogen) atoms. The summed E-state index contributed by atoms with van der Waals surface area (Å²) in [4.78, 5) is 39.6. The molecule has 4 saturated carbocycles. The van der Waals surface area contributed by atoms with Crippen LogP contribution >= 0.6 is 0 Å². The number of hydrogen-bond acceptors (Lipinski definition) is 7. The average Bonchev–Trinajstić information content (AvgIpc) is 3.59. The number of rotatable bonds is 11. The van der Waals surface area contributed by atoms with Crippen LogP contribution < -0.4 is 20.1 Å². The number of carbonyl (C=O) groups is 3. The largest absolute Gasteiger partial charge is 0.496 e. The molecule has 4 aliphatic rings. The SMILES string of the molecule is CCOC(=O)[C@]1(CC#N)CC[C@H](Oc2cc(C(=O)N[C@@H]3[C@H]4CC[C@H](C4)[C@@H]3C(=O)NCC3(C)CCC3)c(OC)cc2F)CC1. The van der Waals surface area contributed by atoms with Gasteiger partial charge in [-0.05, 0) is 88.0 Å². The molecular formula is C33H44FN3O6. The number of nitriles is 1. The lowest BCUT2D eigenvalue weighted by atomic mass is 9.70. The molecule has 2 bridgehead atoms. The van der Waals surface area contributed by atoms with E-state index in [4.69, 9.17) is 14.2 Å². The van der Waals surface area contributed by atoms with Gasteiger partial charge in [0, 0.05) is 18.7 Å². The first-order valence-corrected chi connectivity index (χ1v) is 15.8. The molecular weight excluding hydrogens is 553 g/mol. The van der Waals surface area contributed by atoms with E-state index in [1.165, 1.54) is 19.6 Å². The fourth-order valence-electron chi connectivity index (χ4n) is 7.78. The number of ether oxygens (including phenoxy) is 3. The summed E-state index contributed by atoms with van der Waals surface area (Å²) >= 11 is 0. The Bertz CT molecular complexity index is 1270. The van der Waals surface area contributed by atoms with Crippen LogP contribution in [0.5, 0.6) is 11.5 Å². The van der Waals surface area contributed by atoms with E-state index >= 15 is 4.39 Å². The molecule has 0 saturated heterocycles. The van der Waals surface area contributed by atoms with Crippen LogP contribution in [0.15, 0.2) is 12.1 Å². The van der Waals surface area contributed by atoms with Gasteiger partial charge in [-0.2, -0.15) is 5.26 Å². The van der Waals surface area contributed by atoms with Crippen molar-refractivity contribution in [2.24, 2.45) is 28.6 Å². The lowest BCUT2D eigenvalue weighted by Crippen LogP contribution is -2.51. The highest BCUT2D eigenvalue weighted by atomic mass is 19.1. The molecule has 4 aliphatic carbocycles. The minimum Gasteiger partial charge on any atom is -0.496 e. The predicted octanol–water partition coefficient (Wildman–Crippen LogP) is 5.07. The average molecular weight is 598 g/mol. The zero-order valence-corrected chi connectivity index (χ0v) is 25.5. The maximum absolute atomic E-state index is 15.1. The molecule has 1 aromatic rings. The van der Waals surface area contributed by atoms with Gasteiger partial charge in [0.2, 0.25) is 5.91 Å². The Kier molecular flexibility index (Phi) is 9.19. The van der Waals surface area contributed by atoms with Crippen molar-refractivity contribution in [1.29, 1.82) is 5.26 Å². The van der Waals surface area contributed by atoms with Crippen molar-refractivity contribution in [3.63, 3.8) is 0 Å². The van der Waals surface area contributed by atoms with Crippen molar-refractivity contribution in [1.82, 2.24) is 10.6 Å². The Morgan fingerprint density at radius 2 is 1.79 bits per heavy atom.